The first kappa shape index (κ1) is 18.4. The minimum atomic E-state index is -0.358. The van der Waals surface area contributed by atoms with Crippen LogP contribution in [0.4, 0.5) is 0 Å². The highest BCUT2D eigenvalue weighted by Crippen LogP contribution is 2.24. The summed E-state index contributed by atoms with van der Waals surface area (Å²) in [6.07, 6.45) is 3.30. The predicted octanol–water partition coefficient (Wildman–Crippen LogP) is 3.88. The lowest BCUT2D eigenvalue weighted by Crippen LogP contribution is -2.24. The summed E-state index contributed by atoms with van der Waals surface area (Å²) in [5.41, 5.74) is 4.31. The minimum Gasteiger partial charge on any atom is -0.484 e. The van der Waals surface area contributed by atoms with Gasteiger partial charge >= 0.3 is 0 Å². The lowest BCUT2D eigenvalue weighted by atomic mass is 9.87. The normalized spacial score (nSPS) is 12.0. The zero-order valence-electron chi connectivity index (χ0n) is 14.7. The fourth-order valence-electron chi connectivity index (χ4n) is 2.29. The number of aromatic nitrogens is 2. The van der Waals surface area contributed by atoms with Crippen molar-refractivity contribution in [1.29, 1.82) is 0 Å². The van der Waals surface area contributed by atoms with Gasteiger partial charge in [-0.15, -0.1) is 11.3 Å². The van der Waals surface area contributed by atoms with Gasteiger partial charge in [-0.25, -0.2) is 10.4 Å². The topological polar surface area (TPSA) is 68.0 Å². The number of halogens is 1. The van der Waals surface area contributed by atoms with Crippen LogP contribution in [0.2, 0.25) is 5.15 Å². The van der Waals surface area contributed by atoms with Gasteiger partial charge in [-0.3, -0.25) is 9.20 Å². The van der Waals surface area contributed by atoms with Gasteiger partial charge in [0.15, 0.2) is 16.7 Å². The molecule has 0 bridgehead atoms. The Balaban J connectivity index is 1.53. The number of ether oxygens (including phenoxy) is 1. The van der Waals surface area contributed by atoms with E-state index in [9.17, 15) is 4.79 Å². The molecule has 0 aliphatic rings. The van der Waals surface area contributed by atoms with Gasteiger partial charge in [-0.1, -0.05) is 44.5 Å². The van der Waals surface area contributed by atoms with Crippen molar-refractivity contribution in [2.24, 2.45) is 5.10 Å². The van der Waals surface area contributed by atoms with Gasteiger partial charge in [0, 0.05) is 11.6 Å². The largest absolute Gasteiger partial charge is 0.484 e. The van der Waals surface area contributed by atoms with E-state index in [4.69, 9.17) is 16.3 Å². The molecular formula is C18H19ClN4O2S. The van der Waals surface area contributed by atoms with Crippen molar-refractivity contribution in [3.05, 3.63) is 52.3 Å². The van der Waals surface area contributed by atoms with Crippen LogP contribution in [0.1, 0.15) is 32.0 Å². The average molecular weight is 391 g/mol. The molecule has 2 aromatic heterocycles. The van der Waals surface area contributed by atoms with Gasteiger partial charge < -0.3 is 4.74 Å². The molecule has 26 heavy (non-hydrogen) atoms. The van der Waals surface area contributed by atoms with E-state index in [-0.39, 0.29) is 17.9 Å². The van der Waals surface area contributed by atoms with Crippen molar-refractivity contribution in [1.82, 2.24) is 14.8 Å². The molecule has 3 aromatic rings. The quantitative estimate of drug-likeness (QED) is 0.531. The van der Waals surface area contributed by atoms with E-state index in [1.54, 1.807) is 4.40 Å². The zero-order valence-corrected chi connectivity index (χ0v) is 16.3. The molecular weight excluding hydrogens is 372 g/mol. The fourth-order valence-corrected chi connectivity index (χ4v) is 3.28. The van der Waals surface area contributed by atoms with Gasteiger partial charge in [0.1, 0.15) is 11.4 Å². The third-order valence-corrected chi connectivity index (χ3v) is 4.76. The molecule has 0 saturated carbocycles. The van der Waals surface area contributed by atoms with Crippen molar-refractivity contribution in [3.63, 3.8) is 0 Å². The van der Waals surface area contributed by atoms with Gasteiger partial charge in [-0.2, -0.15) is 5.10 Å². The highest BCUT2D eigenvalue weighted by atomic mass is 35.5. The summed E-state index contributed by atoms with van der Waals surface area (Å²) in [7, 11) is 0. The van der Waals surface area contributed by atoms with E-state index >= 15 is 0 Å². The number of thiazole rings is 1. The third-order valence-electron chi connectivity index (χ3n) is 3.72. The van der Waals surface area contributed by atoms with Gasteiger partial charge in [-0.05, 0) is 23.1 Å². The first-order valence-corrected chi connectivity index (χ1v) is 9.26. The van der Waals surface area contributed by atoms with Crippen LogP contribution in [0.25, 0.3) is 4.96 Å². The van der Waals surface area contributed by atoms with Gasteiger partial charge in [0.25, 0.3) is 5.91 Å². The van der Waals surface area contributed by atoms with E-state index in [0.29, 0.717) is 16.6 Å². The van der Waals surface area contributed by atoms with Crippen LogP contribution in [0, 0.1) is 0 Å². The fraction of sp³-hybridized carbons (Fsp3) is 0.278. The monoisotopic (exact) mass is 390 g/mol. The molecule has 6 nitrogen and oxygen atoms in total. The van der Waals surface area contributed by atoms with E-state index in [1.807, 2.05) is 35.8 Å². The molecule has 0 fully saturated rings. The number of fused-ring (bicyclic) bond motifs is 1. The molecule has 1 aromatic carbocycles. The second-order valence-corrected chi connectivity index (χ2v) is 7.93. The van der Waals surface area contributed by atoms with E-state index < -0.39 is 0 Å². The number of carbonyl (C=O) groups is 1. The molecule has 0 atom stereocenters. The Labute approximate surface area is 160 Å². The third kappa shape index (κ3) is 4.23. The standard InChI is InChI=1S/C18H19ClN4O2S/c1-18(2,3)12-4-6-13(7-5-12)25-11-15(24)22-20-10-14-16(19)21-17-23(14)8-9-26-17/h4-10H,11H2,1-3H3,(H,22,24)/b20-10-. The lowest BCUT2D eigenvalue weighted by Gasteiger charge is -2.19. The predicted molar refractivity (Wildman–Crippen MR) is 104 cm³/mol. The van der Waals surface area contributed by atoms with E-state index in [0.717, 1.165) is 4.96 Å². The minimum absolute atomic E-state index is 0.0768. The Morgan fingerprint density at radius 1 is 1.38 bits per heavy atom. The summed E-state index contributed by atoms with van der Waals surface area (Å²) in [5.74, 6) is 0.277. The second-order valence-electron chi connectivity index (χ2n) is 6.70. The Morgan fingerprint density at radius 3 is 2.81 bits per heavy atom. The van der Waals surface area contributed by atoms with Crippen LogP contribution in [-0.2, 0) is 10.2 Å². The molecule has 2 heterocycles. The molecule has 0 aliphatic carbocycles. The highest BCUT2D eigenvalue weighted by Gasteiger charge is 2.13. The van der Waals surface area contributed by atoms with Crippen molar-refractivity contribution in [2.75, 3.05) is 6.61 Å². The van der Waals surface area contributed by atoms with Crippen molar-refractivity contribution in [3.8, 4) is 5.75 Å². The van der Waals surface area contributed by atoms with Crippen LogP contribution in [0.15, 0.2) is 40.9 Å². The number of rotatable bonds is 5. The van der Waals surface area contributed by atoms with Crippen LogP contribution < -0.4 is 10.2 Å². The number of carbonyl (C=O) groups excluding carboxylic acids is 1. The molecule has 3 rings (SSSR count). The molecule has 0 aliphatic heterocycles. The zero-order chi connectivity index (χ0) is 18.7. The summed E-state index contributed by atoms with van der Waals surface area (Å²) < 4.78 is 7.28. The molecule has 1 amide bonds. The number of nitrogens with one attached hydrogen (secondary N) is 1. The Morgan fingerprint density at radius 2 is 2.12 bits per heavy atom. The molecule has 0 radical (unpaired) electrons. The van der Waals surface area contributed by atoms with Crippen LogP contribution in [-0.4, -0.2) is 28.1 Å². The maximum absolute atomic E-state index is 11.9. The first-order chi connectivity index (χ1) is 12.3. The molecule has 136 valence electrons. The molecule has 8 heteroatoms. The number of hydrogen-bond acceptors (Lipinski definition) is 5. The van der Waals surface area contributed by atoms with E-state index in [1.165, 1.54) is 23.1 Å². The molecule has 1 N–H and O–H groups in total. The Bertz CT molecular complexity index is 938. The van der Waals surface area contributed by atoms with Crippen molar-refractivity contribution >= 4 is 40.0 Å². The highest BCUT2D eigenvalue weighted by molar-refractivity contribution is 7.15. The number of hydrazone groups is 1. The maximum atomic E-state index is 11.9. The Kier molecular flexibility index (Phi) is 5.29. The molecule has 0 spiro atoms. The lowest BCUT2D eigenvalue weighted by molar-refractivity contribution is -0.123. The molecule has 0 saturated heterocycles. The molecule has 0 unspecified atom stereocenters. The number of benzene rings is 1. The summed E-state index contributed by atoms with van der Waals surface area (Å²) in [4.78, 5) is 16.8. The number of imidazole rings is 1. The number of amides is 1. The number of nitrogens with zero attached hydrogens (tertiary/aromatic N) is 3. The van der Waals surface area contributed by atoms with Gasteiger partial charge in [0.2, 0.25) is 0 Å². The Hall–Kier alpha value is -2.38. The van der Waals surface area contributed by atoms with Crippen molar-refractivity contribution in [2.45, 2.75) is 26.2 Å². The summed E-state index contributed by atoms with van der Waals surface area (Å²) in [6.45, 7) is 6.31. The van der Waals surface area contributed by atoms with Crippen LogP contribution in [0.5, 0.6) is 5.75 Å². The smallest absolute Gasteiger partial charge is 0.277 e. The summed E-state index contributed by atoms with van der Waals surface area (Å²) in [6, 6.07) is 7.71. The first-order valence-electron chi connectivity index (χ1n) is 8.01. The van der Waals surface area contributed by atoms with E-state index in [2.05, 4.69) is 36.3 Å². The maximum Gasteiger partial charge on any atom is 0.277 e. The summed E-state index contributed by atoms with van der Waals surface area (Å²) >= 11 is 7.52. The van der Waals surface area contributed by atoms with Crippen molar-refractivity contribution < 1.29 is 9.53 Å². The second kappa shape index (κ2) is 7.47. The van der Waals surface area contributed by atoms with Crippen LogP contribution in [0.3, 0.4) is 0 Å². The summed E-state index contributed by atoms with van der Waals surface area (Å²) in [5, 5.41) is 6.15. The SMILES string of the molecule is CC(C)(C)c1ccc(OCC(=O)N/N=C\c2c(Cl)nc3sccn23)cc1. The number of hydrogen-bond donors (Lipinski definition) is 1. The van der Waals surface area contributed by atoms with Crippen LogP contribution >= 0.6 is 22.9 Å². The average Bonchev–Trinajstić information content (AvgIpc) is 3.14. The van der Waals surface area contributed by atoms with Gasteiger partial charge in [0.05, 0.1) is 6.21 Å².